The second-order valence-electron chi connectivity index (χ2n) is 5.53. The van der Waals surface area contributed by atoms with Crippen molar-refractivity contribution in [1.82, 2.24) is 0 Å². The molecule has 2 fully saturated rings. The van der Waals surface area contributed by atoms with E-state index in [1.807, 2.05) is 0 Å². The number of carbonyl (C=O) groups excluding carboxylic acids is 1. The van der Waals surface area contributed by atoms with Gasteiger partial charge in [0.2, 0.25) is 0 Å². The molecular formula is C16H28O5. The van der Waals surface area contributed by atoms with Crippen LogP contribution < -0.4 is 0 Å². The normalized spacial score (nSPS) is 24.4. The molecule has 2 saturated carbocycles. The molecule has 0 aromatic heterocycles. The molecule has 0 heterocycles. The number of carboxylic acids is 2. The highest BCUT2D eigenvalue weighted by Gasteiger charge is 2.35. The van der Waals surface area contributed by atoms with Crippen LogP contribution >= 0.6 is 0 Å². The van der Waals surface area contributed by atoms with Crippen LogP contribution in [-0.4, -0.2) is 28.4 Å². The summed E-state index contributed by atoms with van der Waals surface area (Å²) < 4.78 is 0. The van der Waals surface area contributed by atoms with E-state index < -0.39 is 23.8 Å². The van der Waals surface area contributed by atoms with E-state index in [2.05, 4.69) is 0 Å². The van der Waals surface area contributed by atoms with E-state index in [0.717, 1.165) is 19.1 Å². The lowest BCUT2D eigenvalue weighted by molar-refractivity contribution is -0.155. The van der Waals surface area contributed by atoms with Gasteiger partial charge in [0.05, 0.1) is 11.8 Å². The van der Waals surface area contributed by atoms with Gasteiger partial charge in [0.25, 0.3) is 0 Å². The van der Waals surface area contributed by atoms with Crippen molar-refractivity contribution in [2.75, 3.05) is 0 Å². The molecule has 5 heteroatoms. The first-order valence-electron chi connectivity index (χ1n) is 7.90. The van der Waals surface area contributed by atoms with Crippen LogP contribution in [0, 0.1) is 11.8 Å². The number of rotatable bonds is 2. The minimum absolute atomic E-state index is 0.506. The van der Waals surface area contributed by atoms with Gasteiger partial charge < -0.3 is 15.0 Å². The van der Waals surface area contributed by atoms with Gasteiger partial charge in [0, 0.05) is 0 Å². The van der Waals surface area contributed by atoms with Crippen molar-refractivity contribution >= 4 is 18.2 Å². The molecule has 2 rings (SSSR count). The van der Waals surface area contributed by atoms with Crippen LogP contribution in [0.25, 0.3) is 0 Å². The van der Waals surface area contributed by atoms with Gasteiger partial charge in [-0.15, -0.1) is 0 Å². The van der Waals surface area contributed by atoms with Crippen LogP contribution in [0.3, 0.4) is 0 Å². The molecule has 0 bridgehead atoms. The second-order valence-corrected chi connectivity index (χ2v) is 5.53. The topological polar surface area (TPSA) is 91.7 Å². The molecule has 2 unspecified atom stereocenters. The van der Waals surface area contributed by atoms with Crippen molar-refractivity contribution in [3.63, 3.8) is 0 Å². The summed E-state index contributed by atoms with van der Waals surface area (Å²) in [5.41, 5.74) is 0. The fourth-order valence-corrected chi connectivity index (χ4v) is 2.78. The lowest BCUT2D eigenvalue weighted by Gasteiger charge is -2.24. The SMILES string of the molecule is C1CCCCC1.CC=O.O=C(O)C1CCCCC1C(=O)O. The fraction of sp³-hybridized carbons (Fsp3) is 0.812. The fourth-order valence-electron chi connectivity index (χ4n) is 2.78. The van der Waals surface area contributed by atoms with Gasteiger partial charge in [0.15, 0.2) is 0 Å². The molecule has 0 amide bonds. The zero-order valence-corrected chi connectivity index (χ0v) is 12.9. The Balaban J connectivity index is 0.000000369. The molecule has 0 aromatic carbocycles. The second kappa shape index (κ2) is 12.4. The lowest BCUT2D eigenvalue weighted by atomic mass is 9.79. The first-order valence-corrected chi connectivity index (χ1v) is 7.90. The Morgan fingerprint density at radius 1 is 0.762 bits per heavy atom. The molecule has 2 N–H and O–H groups in total. The van der Waals surface area contributed by atoms with Crippen LogP contribution in [0.15, 0.2) is 0 Å². The smallest absolute Gasteiger partial charge is 0.307 e. The molecule has 0 saturated heterocycles. The number of carboxylic acid groups (broad SMARTS) is 2. The lowest BCUT2D eigenvalue weighted by Crippen LogP contribution is -2.32. The van der Waals surface area contributed by atoms with E-state index in [-0.39, 0.29) is 0 Å². The molecular weight excluding hydrogens is 272 g/mol. The summed E-state index contributed by atoms with van der Waals surface area (Å²) in [6.07, 6.45) is 12.4. The zero-order chi connectivity index (χ0) is 16.1. The highest BCUT2D eigenvalue weighted by molar-refractivity contribution is 5.80. The molecule has 2 aliphatic carbocycles. The van der Waals surface area contributed by atoms with Gasteiger partial charge in [0.1, 0.15) is 6.29 Å². The van der Waals surface area contributed by atoms with E-state index in [1.54, 1.807) is 0 Å². The summed E-state index contributed by atoms with van der Waals surface area (Å²) in [5.74, 6) is -3.28. The standard InChI is InChI=1S/C8H12O4.C6H12.C2H4O/c9-7(10)5-3-1-2-4-6(5)8(11)12;1-2-4-6-5-3-1;1-2-3/h5-6H,1-4H2,(H,9,10)(H,11,12);1-6H2;2H,1H3. The molecule has 5 nitrogen and oxygen atoms in total. The molecule has 122 valence electrons. The van der Waals surface area contributed by atoms with E-state index in [1.165, 1.54) is 45.4 Å². The van der Waals surface area contributed by atoms with Gasteiger partial charge in [-0.1, -0.05) is 51.4 Å². The van der Waals surface area contributed by atoms with E-state index in [9.17, 15) is 9.59 Å². The number of hydrogen-bond acceptors (Lipinski definition) is 3. The number of aliphatic carboxylic acids is 2. The third-order valence-corrected chi connectivity index (χ3v) is 3.90. The van der Waals surface area contributed by atoms with Crippen LogP contribution in [0.2, 0.25) is 0 Å². The highest BCUT2D eigenvalue weighted by atomic mass is 16.4. The largest absolute Gasteiger partial charge is 0.481 e. The average Bonchev–Trinajstić information content (AvgIpc) is 2.50. The molecule has 0 radical (unpaired) electrons. The third kappa shape index (κ3) is 9.21. The first-order chi connectivity index (χ1) is 10.0. The summed E-state index contributed by atoms with van der Waals surface area (Å²) in [6, 6.07) is 0. The quantitative estimate of drug-likeness (QED) is 0.761. The van der Waals surface area contributed by atoms with E-state index in [4.69, 9.17) is 15.0 Å². The Kier molecular flexibility index (Phi) is 11.5. The molecule has 2 aliphatic rings. The predicted molar refractivity (Wildman–Crippen MR) is 80.2 cm³/mol. The first kappa shape index (κ1) is 19.6. The van der Waals surface area contributed by atoms with Gasteiger partial charge >= 0.3 is 11.9 Å². The summed E-state index contributed by atoms with van der Waals surface area (Å²) in [7, 11) is 0. The maximum absolute atomic E-state index is 10.6. The van der Waals surface area contributed by atoms with Crippen molar-refractivity contribution in [2.24, 2.45) is 11.8 Å². The van der Waals surface area contributed by atoms with Gasteiger partial charge in [-0.3, -0.25) is 9.59 Å². The monoisotopic (exact) mass is 300 g/mol. The van der Waals surface area contributed by atoms with Gasteiger partial charge in [-0.2, -0.15) is 0 Å². The van der Waals surface area contributed by atoms with Crippen LogP contribution in [0.5, 0.6) is 0 Å². The highest BCUT2D eigenvalue weighted by Crippen LogP contribution is 2.30. The van der Waals surface area contributed by atoms with Crippen molar-refractivity contribution in [2.45, 2.75) is 71.1 Å². The number of aldehydes is 1. The minimum Gasteiger partial charge on any atom is -0.481 e. The summed E-state index contributed by atoms with van der Waals surface area (Å²) in [4.78, 5) is 30.0. The van der Waals surface area contributed by atoms with E-state index >= 15 is 0 Å². The van der Waals surface area contributed by atoms with Crippen molar-refractivity contribution < 1.29 is 24.6 Å². The minimum atomic E-state index is -0.970. The number of carbonyl (C=O) groups is 3. The Bertz CT molecular complexity index is 276. The third-order valence-electron chi connectivity index (χ3n) is 3.90. The van der Waals surface area contributed by atoms with Gasteiger partial charge in [-0.05, 0) is 19.8 Å². The van der Waals surface area contributed by atoms with Crippen LogP contribution in [0.4, 0.5) is 0 Å². The summed E-state index contributed by atoms with van der Waals surface area (Å²) in [6.45, 7) is 1.44. The molecule has 2 atom stereocenters. The Hall–Kier alpha value is -1.39. The Morgan fingerprint density at radius 2 is 1.00 bits per heavy atom. The predicted octanol–water partition coefficient (Wildman–Crippen LogP) is 3.51. The van der Waals surface area contributed by atoms with Crippen molar-refractivity contribution in [3.8, 4) is 0 Å². The molecule has 0 spiro atoms. The van der Waals surface area contributed by atoms with Crippen molar-refractivity contribution in [3.05, 3.63) is 0 Å². The maximum Gasteiger partial charge on any atom is 0.307 e. The number of hydrogen-bond donors (Lipinski definition) is 2. The maximum atomic E-state index is 10.6. The molecule has 0 aliphatic heterocycles. The Labute approximate surface area is 126 Å². The van der Waals surface area contributed by atoms with Gasteiger partial charge in [-0.25, -0.2) is 0 Å². The van der Waals surface area contributed by atoms with Crippen LogP contribution in [-0.2, 0) is 14.4 Å². The van der Waals surface area contributed by atoms with Crippen molar-refractivity contribution in [1.29, 1.82) is 0 Å². The average molecular weight is 300 g/mol. The zero-order valence-electron chi connectivity index (χ0n) is 12.9. The Morgan fingerprint density at radius 3 is 1.19 bits per heavy atom. The van der Waals surface area contributed by atoms with Crippen LogP contribution in [0.1, 0.15) is 71.1 Å². The van der Waals surface area contributed by atoms with E-state index in [0.29, 0.717) is 12.8 Å². The summed E-state index contributed by atoms with van der Waals surface area (Å²) in [5, 5.41) is 17.4. The molecule has 0 aromatic rings. The summed E-state index contributed by atoms with van der Waals surface area (Å²) >= 11 is 0. The molecule has 21 heavy (non-hydrogen) atoms.